The van der Waals surface area contributed by atoms with Crippen molar-refractivity contribution >= 4 is 17.8 Å². The van der Waals surface area contributed by atoms with E-state index in [1.165, 1.54) is 0 Å². The number of aromatic nitrogens is 2. The largest absolute Gasteiger partial charge is 0.352 e. The van der Waals surface area contributed by atoms with Gasteiger partial charge < -0.3 is 10.6 Å². The molecule has 0 bridgehead atoms. The lowest BCUT2D eigenvalue weighted by atomic mass is 10.2. The number of hydrogen-bond acceptors (Lipinski definition) is 4. The molecule has 3 N–H and O–H groups in total. The average molecular weight is 313 g/mol. The molecule has 1 aliphatic rings. The molecule has 1 aromatic carbocycles. The molecule has 1 aromatic heterocycles. The topological polar surface area (TPSA) is 105 Å². The Balaban J connectivity index is 1.51. The molecule has 0 radical (unpaired) electrons. The highest BCUT2D eigenvalue weighted by atomic mass is 16.2. The van der Waals surface area contributed by atoms with E-state index in [1.807, 2.05) is 36.5 Å². The summed E-state index contributed by atoms with van der Waals surface area (Å²) in [5, 5.41) is 11.3. The van der Waals surface area contributed by atoms with Crippen molar-refractivity contribution in [2.24, 2.45) is 0 Å². The fourth-order valence-electron chi connectivity index (χ4n) is 2.25. The molecule has 0 aliphatic carbocycles. The highest BCUT2D eigenvalue weighted by Crippen LogP contribution is 2.08. The summed E-state index contributed by atoms with van der Waals surface area (Å²) >= 11 is 0. The van der Waals surface area contributed by atoms with E-state index in [0.29, 0.717) is 6.54 Å². The molecule has 3 rings (SSSR count). The summed E-state index contributed by atoms with van der Waals surface area (Å²) in [5.74, 6) is -0.780. The van der Waals surface area contributed by atoms with Crippen molar-refractivity contribution in [3.05, 3.63) is 48.3 Å². The monoisotopic (exact) mass is 313 g/mol. The van der Waals surface area contributed by atoms with Crippen molar-refractivity contribution < 1.29 is 14.4 Å². The number of nitrogens with one attached hydrogen (secondary N) is 3. The average Bonchev–Trinajstić information content (AvgIpc) is 3.16. The van der Waals surface area contributed by atoms with Gasteiger partial charge in [-0.05, 0) is 23.8 Å². The lowest BCUT2D eigenvalue weighted by Crippen LogP contribution is -2.36. The number of amides is 4. The van der Waals surface area contributed by atoms with Gasteiger partial charge in [0.2, 0.25) is 5.91 Å². The van der Waals surface area contributed by atoms with Crippen molar-refractivity contribution in [2.75, 3.05) is 0 Å². The molecule has 8 nitrogen and oxygen atoms in total. The van der Waals surface area contributed by atoms with E-state index in [0.717, 1.165) is 11.3 Å². The molecule has 1 unspecified atom stereocenters. The van der Waals surface area contributed by atoms with Crippen LogP contribution in [0.4, 0.5) is 4.79 Å². The zero-order chi connectivity index (χ0) is 16.2. The first-order chi connectivity index (χ1) is 11.1. The Hall–Kier alpha value is -3.16. The Labute approximate surface area is 131 Å². The second kappa shape index (κ2) is 6.30. The zero-order valence-electron chi connectivity index (χ0n) is 12.2. The van der Waals surface area contributed by atoms with Gasteiger partial charge in [-0.2, -0.15) is 5.10 Å². The van der Waals surface area contributed by atoms with Crippen molar-refractivity contribution in [2.45, 2.75) is 19.0 Å². The molecule has 1 fully saturated rings. The van der Waals surface area contributed by atoms with Gasteiger partial charge in [0.1, 0.15) is 6.04 Å². The summed E-state index contributed by atoms with van der Waals surface area (Å²) in [5.41, 5.74) is 1.85. The summed E-state index contributed by atoms with van der Waals surface area (Å²) < 4.78 is 1.74. The molecule has 1 saturated heterocycles. The van der Waals surface area contributed by atoms with E-state index in [-0.39, 0.29) is 12.3 Å². The fraction of sp³-hybridized carbons (Fsp3) is 0.200. The number of carbonyl (C=O) groups is 3. The number of urea groups is 1. The van der Waals surface area contributed by atoms with Crippen molar-refractivity contribution in [1.29, 1.82) is 0 Å². The SMILES string of the molecule is O=C(CC1NC(=O)NC1=O)NCc1ccc(-n2cccn2)cc1. The molecule has 118 valence electrons. The van der Waals surface area contributed by atoms with E-state index in [4.69, 9.17) is 0 Å². The maximum absolute atomic E-state index is 11.8. The summed E-state index contributed by atoms with van der Waals surface area (Å²) in [6.07, 6.45) is 3.47. The standard InChI is InChI=1S/C15H15N5O3/c21-13(8-12-14(22)19-15(23)18-12)16-9-10-2-4-11(5-3-10)20-7-1-6-17-20/h1-7,12H,8-9H2,(H,16,21)(H2,18,19,22,23). The van der Waals surface area contributed by atoms with Gasteiger partial charge in [0.05, 0.1) is 12.1 Å². The van der Waals surface area contributed by atoms with Crippen LogP contribution in [0.15, 0.2) is 42.7 Å². The van der Waals surface area contributed by atoms with Crippen LogP contribution in [0.1, 0.15) is 12.0 Å². The molecular formula is C15H15N5O3. The predicted molar refractivity (Wildman–Crippen MR) is 80.5 cm³/mol. The molecule has 0 saturated carbocycles. The van der Waals surface area contributed by atoms with Gasteiger partial charge in [0.15, 0.2) is 0 Å². The lowest BCUT2D eigenvalue weighted by Gasteiger charge is -2.09. The Morgan fingerprint density at radius 1 is 1.26 bits per heavy atom. The lowest BCUT2D eigenvalue weighted by molar-refractivity contribution is -0.126. The molecule has 8 heteroatoms. The Morgan fingerprint density at radius 3 is 2.65 bits per heavy atom. The third kappa shape index (κ3) is 3.54. The maximum Gasteiger partial charge on any atom is 0.322 e. The molecule has 0 spiro atoms. The van der Waals surface area contributed by atoms with Gasteiger partial charge in [-0.25, -0.2) is 9.48 Å². The Morgan fingerprint density at radius 2 is 2.04 bits per heavy atom. The number of hydrogen-bond donors (Lipinski definition) is 3. The minimum absolute atomic E-state index is 0.0804. The van der Waals surface area contributed by atoms with Crippen LogP contribution in [0.5, 0.6) is 0 Å². The molecule has 1 aliphatic heterocycles. The van der Waals surface area contributed by atoms with Gasteiger partial charge >= 0.3 is 6.03 Å². The number of nitrogens with zero attached hydrogens (tertiary/aromatic N) is 2. The van der Waals surface area contributed by atoms with Gasteiger partial charge in [0.25, 0.3) is 5.91 Å². The first kappa shape index (κ1) is 14.8. The van der Waals surface area contributed by atoms with Crippen LogP contribution in [0, 0.1) is 0 Å². The maximum atomic E-state index is 11.8. The summed E-state index contributed by atoms with van der Waals surface area (Å²) in [6, 6.07) is 8.05. The predicted octanol–water partition coefficient (Wildman–Crippen LogP) is 0.0866. The van der Waals surface area contributed by atoms with Crippen LogP contribution in [0.25, 0.3) is 5.69 Å². The van der Waals surface area contributed by atoms with Crippen LogP contribution in [-0.2, 0) is 16.1 Å². The van der Waals surface area contributed by atoms with Crippen LogP contribution in [0.3, 0.4) is 0 Å². The molecule has 1 atom stereocenters. The summed E-state index contributed by atoms with van der Waals surface area (Å²) in [7, 11) is 0. The van der Waals surface area contributed by atoms with Gasteiger partial charge in [-0.15, -0.1) is 0 Å². The first-order valence-corrected chi connectivity index (χ1v) is 7.09. The van der Waals surface area contributed by atoms with E-state index in [1.54, 1.807) is 10.9 Å². The quantitative estimate of drug-likeness (QED) is 0.680. The minimum Gasteiger partial charge on any atom is -0.352 e. The number of imide groups is 1. The number of benzene rings is 1. The second-order valence-electron chi connectivity index (χ2n) is 5.11. The van der Waals surface area contributed by atoms with Crippen molar-refractivity contribution in [3.8, 4) is 5.69 Å². The highest BCUT2D eigenvalue weighted by molar-refractivity contribution is 6.05. The van der Waals surface area contributed by atoms with Crippen LogP contribution in [0.2, 0.25) is 0 Å². The van der Waals surface area contributed by atoms with E-state index < -0.39 is 18.0 Å². The van der Waals surface area contributed by atoms with Gasteiger partial charge in [0, 0.05) is 18.9 Å². The molecular weight excluding hydrogens is 298 g/mol. The Bertz CT molecular complexity index is 724. The fourth-order valence-corrected chi connectivity index (χ4v) is 2.25. The van der Waals surface area contributed by atoms with Gasteiger partial charge in [-0.1, -0.05) is 12.1 Å². The Kier molecular flexibility index (Phi) is 4.05. The zero-order valence-corrected chi connectivity index (χ0v) is 12.2. The smallest absolute Gasteiger partial charge is 0.322 e. The van der Waals surface area contributed by atoms with Crippen LogP contribution in [-0.4, -0.2) is 33.7 Å². The first-order valence-electron chi connectivity index (χ1n) is 7.09. The molecule has 23 heavy (non-hydrogen) atoms. The molecule has 2 heterocycles. The summed E-state index contributed by atoms with van der Waals surface area (Å²) in [6.45, 7) is 0.348. The normalized spacial score (nSPS) is 16.8. The van der Waals surface area contributed by atoms with Crippen LogP contribution < -0.4 is 16.0 Å². The van der Waals surface area contributed by atoms with Crippen LogP contribution >= 0.6 is 0 Å². The second-order valence-corrected chi connectivity index (χ2v) is 5.11. The molecule has 2 aromatic rings. The third-order valence-electron chi connectivity index (χ3n) is 3.44. The van der Waals surface area contributed by atoms with Crippen molar-refractivity contribution in [3.63, 3.8) is 0 Å². The molecule has 4 amide bonds. The highest BCUT2D eigenvalue weighted by Gasteiger charge is 2.31. The number of rotatable bonds is 5. The van der Waals surface area contributed by atoms with Crippen molar-refractivity contribution in [1.82, 2.24) is 25.7 Å². The third-order valence-corrected chi connectivity index (χ3v) is 3.44. The number of carbonyl (C=O) groups excluding carboxylic acids is 3. The summed E-state index contributed by atoms with van der Waals surface area (Å²) in [4.78, 5) is 34.2. The van der Waals surface area contributed by atoms with Gasteiger partial charge in [-0.3, -0.25) is 14.9 Å². The van der Waals surface area contributed by atoms with E-state index >= 15 is 0 Å². The minimum atomic E-state index is -0.801. The van der Waals surface area contributed by atoms with E-state index in [2.05, 4.69) is 21.0 Å². The van der Waals surface area contributed by atoms with E-state index in [9.17, 15) is 14.4 Å².